The zero-order chi connectivity index (χ0) is 11.3. The highest BCUT2D eigenvalue weighted by atomic mass is 79.9. The van der Waals surface area contributed by atoms with Crippen LogP contribution in [0.4, 0.5) is 0 Å². The molecule has 15 heavy (non-hydrogen) atoms. The highest BCUT2D eigenvalue weighted by Gasteiger charge is 2.06. The summed E-state index contributed by atoms with van der Waals surface area (Å²) >= 11 is 3.55. The standard InChI is InChI=1S/C12H19BrN2/c1-3-11(14)9-15(2)8-10-6-4-5-7-12(10)13/h4-7,11H,3,8-9,14H2,1-2H3. The molecular weight excluding hydrogens is 252 g/mol. The normalized spacial score (nSPS) is 13.1. The maximum absolute atomic E-state index is 5.91. The Hall–Kier alpha value is -0.380. The molecule has 0 aliphatic rings. The van der Waals surface area contributed by atoms with Gasteiger partial charge in [-0.3, -0.25) is 0 Å². The molecule has 1 atom stereocenters. The topological polar surface area (TPSA) is 29.3 Å². The van der Waals surface area contributed by atoms with Crippen molar-refractivity contribution in [2.45, 2.75) is 25.9 Å². The van der Waals surface area contributed by atoms with Gasteiger partial charge in [0.1, 0.15) is 0 Å². The van der Waals surface area contributed by atoms with E-state index in [0.717, 1.165) is 19.5 Å². The molecule has 0 aliphatic heterocycles. The second-order valence-electron chi connectivity index (χ2n) is 3.96. The van der Waals surface area contributed by atoms with Gasteiger partial charge in [0, 0.05) is 23.6 Å². The fraction of sp³-hybridized carbons (Fsp3) is 0.500. The van der Waals surface area contributed by atoms with Crippen LogP contribution in [-0.2, 0) is 6.54 Å². The maximum atomic E-state index is 5.91. The summed E-state index contributed by atoms with van der Waals surface area (Å²) in [5.41, 5.74) is 7.22. The summed E-state index contributed by atoms with van der Waals surface area (Å²) < 4.78 is 1.17. The molecule has 3 heteroatoms. The smallest absolute Gasteiger partial charge is 0.0242 e. The predicted octanol–water partition coefficient (Wildman–Crippen LogP) is 2.62. The lowest BCUT2D eigenvalue weighted by molar-refractivity contribution is 0.300. The number of benzene rings is 1. The van der Waals surface area contributed by atoms with Gasteiger partial charge in [-0.05, 0) is 25.1 Å². The highest BCUT2D eigenvalue weighted by molar-refractivity contribution is 9.10. The molecule has 0 fully saturated rings. The molecule has 2 nitrogen and oxygen atoms in total. The van der Waals surface area contributed by atoms with Crippen molar-refractivity contribution in [1.82, 2.24) is 4.90 Å². The van der Waals surface area contributed by atoms with Gasteiger partial charge in [-0.2, -0.15) is 0 Å². The summed E-state index contributed by atoms with van der Waals surface area (Å²) in [6.45, 7) is 4.00. The van der Waals surface area contributed by atoms with Crippen molar-refractivity contribution in [1.29, 1.82) is 0 Å². The molecule has 2 N–H and O–H groups in total. The Morgan fingerprint density at radius 3 is 2.67 bits per heavy atom. The number of nitrogens with zero attached hydrogens (tertiary/aromatic N) is 1. The van der Waals surface area contributed by atoms with Crippen LogP contribution < -0.4 is 5.73 Å². The molecule has 1 aromatic carbocycles. The molecule has 0 spiro atoms. The summed E-state index contributed by atoms with van der Waals surface area (Å²) in [5, 5.41) is 0. The van der Waals surface area contributed by atoms with Crippen LogP contribution in [0.2, 0.25) is 0 Å². The third-order valence-electron chi connectivity index (χ3n) is 2.47. The number of hydrogen-bond donors (Lipinski definition) is 1. The predicted molar refractivity (Wildman–Crippen MR) is 68.7 cm³/mol. The van der Waals surface area contributed by atoms with E-state index < -0.39 is 0 Å². The third kappa shape index (κ3) is 4.33. The van der Waals surface area contributed by atoms with E-state index in [1.54, 1.807) is 0 Å². The van der Waals surface area contributed by atoms with Crippen molar-refractivity contribution in [3.05, 3.63) is 34.3 Å². The van der Waals surface area contributed by atoms with E-state index in [4.69, 9.17) is 5.73 Å². The molecule has 0 saturated carbocycles. The molecule has 0 radical (unpaired) electrons. The lowest BCUT2D eigenvalue weighted by Crippen LogP contribution is -2.34. The van der Waals surface area contributed by atoms with Crippen LogP contribution in [0.25, 0.3) is 0 Å². The van der Waals surface area contributed by atoms with E-state index in [0.29, 0.717) is 0 Å². The van der Waals surface area contributed by atoms with Crippen molar-refractivity contribution in [3.8, 4) is 0 Å². The molecule has 1 aromatic rings. The van der Waals surface area contributed by atoms with Crippen molar-refractivity contribution >= 4 is 15.9 Å². The molecule has 0 aliphatic carbocycles. The largest absolute Gasteiger partial charge is 0.327 e. The average molecular weight is 271 g/mol. The number of hydrogen-bond acceptors (Lipinski definition) is 2. The molecule has 84 valence electrons. The number of halogens is 1. The Labute approximate surface area is 101 Å². The van der Waals surface area contributed by atoms with E-state index in [1.165, 1.54) is 10.0 Å². The van der Waals surface area contributed by atoms with Gasteiger partial charge in [0.25, 0.3) is 0 Å². The van der Waals surface area contributed by atoms with E-state index in [1.807, 2.05) is 6.07 Å². The molecule has 0 bridgehead atoms. The first-order valence-corrected chi connectivity index (χ1v) is 6.10. The molecule has 1 unspecified atom stereocenters. The molecule has 0 amide bonds. The van der Waals surface area contributed by atoms with E-state index in [9.17, 15) is 0 Å². The van der Waals surface area contributed by atoms with Crippen LogP contribution in [-0.4, -0.2) is 24.5 Å². The van der Waals surface area contributed by atoms with E-state index in [-0.39, 0.29) is 6.04 Å². The quantitative estimate of drug-likeness (QED) is 0.892. The molecule has 0 saturated heterocycles. The number of likely N-dealkylation sites (N-methyl/N-ethyl adjacent to an activating group) is 1. The fourth-order valence-corrected chi connectivity index (χ4v) is 1.92. The van der Waals surface area contributed by atoms with Gasteiger partial charge in [0.2, 0.25) is 0 Å². The summed E-state index contributed by atoms with van der Waals surface area (Å²) in [4.78, 5) is 2.26. The fourth-order valence-electron chi connectivity index (χ4n) is 1.51. The van der Waals surface area contributed by atoms with E-state index >= 15 is 0 Å². The minimum atomic E-state index is 0.275. The number of nitrogens with two attached hydrogens (primary N) is 1. The van der Waals surface area contributed by atoms with Gasteiger partial charge in [-0.1, -0.05) is 41.1 Å². The molecule has 0 aromatic heterocycles. The monoisotopic (exact) mass is 270 g/mol. The van der Waals surface area contributed by atoms with Crippen LogP contribution in [0.5, 0.6) is 0 Å². The minimum Gasteiger partial charge on any atom is -0.327 e. The van der Waals surface area contributed by atoms with Gasteiger partial charge in [0.15, 0.2) is 0 Å². The van der Waals surface area contributed by atoms with E-state index in [2.05, 4.69) is 53.0 Å². The Balaban J connectivity index is 2.51. The summed E-state index contributed by atoms with van der Waals surface area (Å²) in [6.07, 6.45) is 1.03. The number of rotatable bonds is 5. The van der Waals surface area contributed by atoms with Gasteiger partial charge >= 0.3 is 0 Å². The van der Waals surface area contributed by atoms with Crippen LogP contribution in [0.1, 0.15) is 18.9 Å². The molecule has 0 heterocycles. The summed E-state index contributed by atoms with van der Waals surface area (Å²) in [7, 11) is 2.11. The van der Waals surface area contributed by atoms with Crippen LogP contribution >= 0.6 is 15.9 Å². The highest BCUT2D eigenvalue weighted by Crippen LogP contribution is 2.17. The Kier molecular flexibility index (Phi) is 5.29. The van der Waals surface area contributed by atoms with Gasteiger partial charge in [0.05, 0.1) is 0 Å². The van der Waals surface area contributed by atoms with Crippen LogP contribution in [0.3, 0.4) is 0 Å². The third-order valence-corrected chi connectivity index (χ3v) is 3.24. The Morgan fingerprint density at radius 1 is 1.40 bits per heavy atom. The zero-order valence-electron chi connectivity index (χ0n) is 9.41. The summed E-state index contributed by atoms with van der Waals surface area (Å²) in [6, 6.07) is 8.58. The zero-order valence-corrected chi connectivity index (χ0v) is 11.0. The van der Waals surface area contributed by atoms with Gasteiger partial charge in [-0.25, -0.2) is 0 Å². The maximum Gasteiger partial charge on any atom is 0.0242 e. The lowest BCUT2D eigenvalue weighted by atomic mass is 10.2. The van der Waals surface area contributed by atoms with Crippen molar-refractivity contribution < 1.29 is 0 Å². The second-order valence-corrected chi connectivity index (χ2v) is 4.81. The Bertz CT molecular complexity index is 301. The molecular formula is C12H19BrN2. The van der Waals surface area contributed by atoms with Crippen molar-refractivity contribution in [2.24, 2.45) is 5.73 Å². The second kappa shape index (κ2) is 6.26. The first kappa shape index (κ1) is 12.7. The van der Waals surface area contributed by atoms with Crippen molar-refractivity contribution in [3.63, 3.8) is 0 Å². The minimum absolute atomic E-state index is 0.275. The van der Waals surface area contributed by atoms with Crippen LogP contribution in [0, 0.1) is 0 Å². The first-order chi connectivity index (χ1) is 7.13. The molecule has 1 rings (SSSR count). The average Bonchev–Trinajstić information content (AvgIpc) is 2.21. The lowest BCUT2D eigenvalue weighted by Gasteiger charge is -2.20. The SMILES string of the molecule is CCC(N)CN(C)Cc1ccccc1Br. The van der Waals surface area contributed by atoms with Crippen LogP contribution in [0.15, 0.2) is 28.7 Å². The van der Waals surface area contributed by atoms with Gasteiger partial charge < -0.3 is 10.6 Å². The Morgan fingerprint density at radius 2 is 2.07 bits per heavy atom. The first-order valence-electron chi connectivity index (χ1n) is 5.31. The van der Waals surface area contributed by atoms with Crippen molar-refractivity contribution in [2.75, 3.05) is 13.6 Å². The summed E-state index contributed by atoms with van der Waals surface area (Å²) in [5.74, 6) is 0. The van der Waals surface area contributed by atoms with Gasteiger partial charge in [-0.15, -0.1) is 0 Å².